The van der Waals surface area contributed by atoms with Gasteiger partial charge in [-0.25, -0.2) is 0 Å². The van der Waals surface area contributed by atoms with Gasteiger partial charge in [-0.15, -0.1) is 0 Å². The van der Waals surface area contributed by atoms with Crippen LogP contribution in [0.3, 0.4) is 0 Å². The summed E-state index contributed by atoms with van der Waals surface area (Å²) in [5.41, 5.74) is 0. The van der Waals surface area contributed by atoms with Crippen molar-refractivity contribution in [3.05, 3.63) is 81.4 Å². The molecule has 0 N–H and O–H groups in total. The van der Waals surface area contributed by atoms with Crippen molar-refractivity contribution < 1.29 is 14.0 Å². The fourth-order valence-electron chi connectivity index (χ4n) is 2.20. The molecule has 3 aromatic rings. The Hall–Kier alpha value is 0.00494. The van der Waals surface area contributed by atoms with Gasteiger partial charge in [-0.05, 0) is 54.6 Å². The molecule has 10 heteroatoms. The van der Waals surface area contributed by atoms with Gasteiger partial charge in [-0.2, -0.15) is 0 Å². The summed E-state index contributed by atoms with van der Waals surface area (Å²) in [5.74, 6) is 1.73. The molecule has 3 aromatic carbocycles. The van der Waals surface area contributed by atoms with E-state index in [-0.39, 0.29) is 0 Å². The van der Waals surface area contributed by atoms with Crippen LogP contribution in [0.15, 0.2) is 81.4 Å². The van der Waals surface area contributed by atoms with Crippen LogP contribution in [0, 0.1) is 0 Å². The molecule has 0 unspecified atom stereocenters. The highest BCUT2D eigenvalue weighted by Crippen LogP contribution is 2.30. The fraction of sp³-hybridized carbons (Fsp3) is 0. The standard InChI is InChI=1S/C18H9BBr6O3/c20-10-1-11(21)5-16(4-10)26-19(27-17-6-12(22)2-13(23)7-17)28-18-8-14(24)3-15(25)9-18/h1-9H. The van der Waals surface area contributed by atoms with Crippen LogP contribution in [0.25, 0.3) is 0 Å². The van der Waals surface area contributed by atoms with E-state index >= 15 is 0 Å². The molecule has 0 atom stereocenters. The molecule has 0 aliphatic rings. The zero-order chi connectivity index (χ0) is 20.3. The molecule has 0 bridgehead atoms. The molecule has 28 heavy (non-hydrogen) atoms. The molecule has 0 saturated heterocycles. The smallest absolute Gasteiger partial charge is 0.489 e. The molecule has 0 saturated carbocycles. The summed E-state index contributed by atoms with van der Waals surface area (Å²) in [5, 5.41) is 0. The van der Waals surface area contributed by atoms with Gasteiger partial charge in [0.05, 0.1) is 0 Å². The van der Waals surface area contributed by atoms with Gasteiger partial charge in [0, 0.05) is 26.8 Å². The molecular formula is C18H9BBr6O3. The predicted molar refractivity (Wildman–Crippen MR) is 133 cm³/mol. The second-order valence-corrected chi connectivity index (χ2v) is 11.0. The average Bonchev–Trinajstić information content (AvgIpc) is 2.51. The second kappa shape index (κ2) is 10.4. The first-order valence-corrected chi connectivity index (χ1v) is 12.4. The molecule has 0 amide bonds. The van der Waals surface area contributed by atoms with E-state index in [4.69, 9.17) is 14.0 Å². The van der Waals surface area contributed by atoms with E-state index in [1.165, 1.54) is 0 Å². The summed E-state index contributed by atoms with van der Waals surface area (Å²) in [7, 11) is -1.02. The minimum Gasteiger partial charge on any atom is -0.489 e. The third-order valence-corrected chi connectivity index (χ3v) is 5.95. The molecule has 3 rings (SSSR count). The van der Waals surface area contributed by atoms with E-state index in [0.717, 1.165) is 26.8 Å². The fourth-order valence-corrected chi connectivity index (χ4v) is 5.95. The Morgan fingerprint density at radius 3 is 0.821 bits per heavy atom. The minimum atomic E-state index is -1.02. The summed E-state index contributed by atoms with van der Waals surface area (Å²) < 4.78 is 23.1. The summed E-state index contributed by atoms with van der Waals surface area (Å²) in [6, 6.07) is 16.7. The number of halogens is 6. The highest BCUT2D eigenvalue weighted by Gasteiger charge is 2.31. The van der Waals surface area contributed by atoms with E-state index < -0.39 is 7.32 Å². The van der Waals surface area contributed by atoms with E-state index in [1.54, 1.807) is 0 Å². The van der Waals surface area contributed by atoms with Crippen molar-refractivity contribution in [2.24, 2.45) is 0 Å². The average molecular weight is 764 g/mol. The van der Waals surface area contributed by atoms with Crippen LogP contribution in [-0.4, -0.2) is 7.32 Å². The van der Waals surface area contributed by atoms with Crippen molar-refractivity contribution in [3.8, 4) is 17.2 Å². The lowest BCUT2D eigenvalue weighted by Crippen LogP contribution is -2.37. The van der Waals surface area contributed by atoms with E-state index in [0.29, 0.717) is 17.2 Å². The highest BCUT2D eigenvalue weighted by atomic mass is 79.9. The maximum atomic E-state index is 5.98. The third kappa shape index (κ3) is 7.06. The Balaban J connectivity index is 1.89. The van der Waals surface area contributed by atoms with Crippen LogP contribution in [0.4, 0.5) is 0 Å². The van der Waals surface area contributed by atoms with Gasteiger partial charge < -0.3 is 14.0 Å². The molecule has 0 aliphatic heterocycles. The largest absolute Gasteiger partial charge is 0.864 e. The van der Waals surface area contributed by atoms with Crippen LogP contribution in [0.1, 0.15) is 0 Å². The van der Waals surface area contributed by atoms with Crippen LogP contribution >= 0.6 is 95.6 Å². The number of hydrogen-bond acceptors (Lipinski definition) is 3. The maximum absolute atomic E-state index is 5.98. The molecule has 0 heterocycles. The molecule has 0 fully saturated rings. The molecule has 0 radical (unpaired) electrons. The number of benzene rings is 3. The topological polar surface area (TPSA) is 27.7 Å². The highest BCUT2D eigenvalue weighted by molar-refractivity contribution is 9.11. The van der Waals surface area contributed by atoms with Gasteiger partial charge in [-0.3, -0.25) is 0 Å². The first-order chi connectivity index (χ1) is 13.3. The van der Waals surface area contributed by atoms with E-state index in [1.807, 2.05) is 54.6 Å². The molecule has 0 aliphatic carbocycles. The Morgan fingerprint density at radius 2 is 0.607 bits per heavy atom. The van der Waals surface area contributed by atoms with Crippen molar-refractivity contribution in [3.63, 3.8) is 0 Å². The maximum Gasteiger partial charge on any atom is 0.864 e. The normalized spacial score (nSPS) is 10.5. The van der Waals surface area contributed by atoms with Gasteiger partial charge in [0.15, 0.2) is 0 Å². The summed E-state index contributed by atoms with van der Waals surface area (Å²) in [6.45, 7) is 0. The van der Waals surface area contributed by atoms with Crippen LogP contribution in [0.2, 0.25) is 0 Å². The van der Waals surface area contributed by atoms with Crippen LogP contribution < -0.4 is 14.0 Å². The van der Waals surface area contributed by atoms with Gasteiger partial charge in [0.25, 0.3) is 0 Å². The molecule has 3 nitrogen and oxygen atoms in total. The first-order valence-electron chi connectivity index (χ1n) is 7.65. The lowest BCUT2D eigenvalue weighted by Gasteiger charge is -2.17. The summed E-state index contributed by atoms with van der Waals surface area (Å²) in [4.78, 5) is 0. The van der Waals surface area contributed by atoms with Crippen LogP contribution in [-0.2, 0) is 0 Å². The zero-order valence-corrected chi connectivity index (χ0v) is 23.3. The van der Waals surface area contributed by atoms with E-state index in [2.05, 4.69) is 95.6 Å². The molecule has 144 valence electrons. The number of rotatable bonds is 6. The lowest BCUT2D eigenvalue weighted by atomic mass is 10.2. The Labute approximate surface area is 213 Å². The Bertz CT molecular complexity index is 813. The second-order valence-electron chi connectivity index (χ2n) is 5.46. The zero-order valence-electron chi connectivity index (χ0n) is 13.8. The van der Waals surface area contributed by atoms with Crippen molar-refractivity contribution in [2.75, 3.05) is 0 Å². The Morgan fingerprint density at radius 1 is 0.393 bits per heavy atom. The Kier molecular flexibility index (Phi) is 8.39. The minimum absolute atomic E-state index is 0.578. The van der Waals surface area contributed by atoms with Gasteiger partial charge in [0.1, 0.15) is 17.2 Å². The van der Waals surface area contributed by atoms with Crippen LogP contribution in [0.5, 0.6) is 17.2 Å². The molecular weight excluding hydrogens is 754 g/mol. The van der Waals surface area contributed by atoms with Crippen molar-refractivity contribution >= 4 is 103 Å². The lowest BCUT2D eigenvalue weighted by molar-refractivity contribution is 0.307. The van der Waals surface area contributed by atoms with Gasteiger partial charge in [-0.1, -0.05) is 95.6 Å². The van der Waals surface area contributed by atoms with E-state index in [9.17, 15) is 0 Å². The monoisotopic (exact) mass is 758 g/mol. The summed E-state index contributed by atoms with van der Waals surface area (Å²) in [6.07, 6.45) is 0. The van der Waals surface area contributed by atoms with Gasteiger partial charge >= 0.3 is 7.32 Å². The molecule has 0 aromatic heterocycles. The SMILES string of the molecule is Brc1cc(Br)cc(OB(Oc2cc(Br)cc(Br)c2)Oc2cc(Br)cc(Br)c2)c1. The van der Waals surface area contributed by atoms with Crippen molar-refractivity contribution in [1.29, 1.82) is 0 Å². The quantitative estimate of drug-likeness (QED) is 0.235. The molecule has 0 spiro atoms. The van der Waals surface area contributed by atoms with Crippen molar-refractivity contribution in [2.45, 2.75) is 0 Å². The van der Waals surface area contributed by atoms with Gasteiger partial charge in [0.2, 0.25) is 0 Å². The summed E-state index contributed by atoms with van der Waals surface area (Å²) >= 11 is 20.7. The number of hydrogen-bond donors (Lipinski definition) is 0. The first kappa shape index (κ1) is 22.7. The third-order valence-electron chi connectivity index (χ3n) is 3.21. The predicted octanol–water partition coefficient (Wildman–Crippen LogP) is 8.78. The van der Waals surface area contributed by atoms with Crippen molar-refractivity contribution in [1.82, 2.24) is 0 Å².